The van der Waals surface area contributed by atoms with Crippen molar-refractivity contribution in [1.29, 1.82) is 0 Å². The molecular weight excluding hydrogens is 252 g/mol. The molecule has 108 valence electrons. The van der Waals surface area contributed by atoms with Crippen LogP contribution < -0.4 is 0 Å². The molecule has 0 spiro atoms. The first-order chi connectivity index (χ1) is 8.65. The number of carbonyl (C=O) groups is 2. The first-order valence-corrected chi connectivity index (χ1v) is 5.58. The Bertz CT molecular complexity index is 364. The summed E-state index contributed by atoms with van der Waals surface area (Å²) in [5.41, 5.74) is -0.465. The van der Waals surface area contributed by atoms with Crippen LogP contribution in [0, 0.1) is 0 Å². The van der Waals surface area contributed by atoms with Gasteiger partial charge in [-0.1, -0.05) is 6.58 Å². The van der Waals surface area contributed by atoms with Crippen LogP contribution in [0.15, 0.2) is 24.7 Å². The normalized spacial score (nSPS) is 10.3. The molecule has 0 aliphatic carbocycles. The third-order valence-corrected chi connectivity index (χ3v) is 1.70. The Balaban J connectivity index is 3.95. The molecule has 0 aromatic heterocycles. The van der Waals surface area contributed by atoms with Gasteiger partial charge >= 0.3 is 11.9 Å². The van der Waals surface area contributed by atoms with E-state index in [0.29, 0.717) is 0 Å². The lowest BCUT2D eigenvalue weighted by Gasteiger charge is -2.22. The van der Waals surface area contributed by atoms with Gasteiger partial charge in [0.15, 0.2) is 0 Å². The molecule has 0 heterocycles. The van der Waals surface area contributed by atoms with E-state index in [2.05, 4.69) is 17.9 Å². The maximum Gasteiger partial charge on any atom is 0.336 e. The summed E-state index contributed by atoms with van der Waals surface area (Å²) in [5.74, 6) is -1.27. The molecule has 0 aliphatic heterocycles. The average molecular weight is 272 g/mol. The lowest BCUT2D eigenvalue weighted by atomic mass is 10.2. The van der Waals surface area contributed by atoms with E-state index in [0.717, 1.165) is 0 Å². The fraction of sp³-hybridized carbons (Fsp3) is 0.538. The van der Waals surface area contributed by atoms with E-state index in [-0.39, 0.29) is 24.7 Å². The molecule has 0 radical (unpaired) electrons. The summed E-state index contributed by atoms with van der Waals surface area (Å²) in [6.45, 7) is 12.0. The number of rotatable bonds is 7. The highest BCUT2D eigenvalue weighted by Gasteiger charge is 2.15. The van der Waals surface area contributed by atoms with Crippen LogP contribution in [0.1, 0.15) is 27.2 Å². The molecule has 0 aliphatic rings. The number of methoxy groups -OCH3 is 1. The molecule has 0 bridgehead atoms. The average Bonchev–Trinajstić information content (AvgIpc) is 2.25. The monoisotopic (exact) mass is 272 g/mol. The Kier molecular flexibility index (Phi) is 6.68. The SMILES string of the molecule is C=C(OCOC(=O)C(=C)CC(=O)OC)OC(C)(C)C. The van der Waals surface area contributed by atoms with E-state index in [4.69, 9.17) is 14.2 Å². The highest BCUT2D eigenvalue weighted by molar-refractivity contribution is 5.93. The quantitative estimate of drug-likeness (QED) is 0.305. The number of hydrogen-bond acceptors (Lipinski definition) is 6. The van der Waals surface area contributed by atoms with Crippen LogP contribution in [0.25, 0.3) is 0 Å². The van der Waals surface area contributed by atoms with Crippen LogP contribution >= 0.6 is 0 Å². The molecule has 6 heteroatoms. The molecule has 0 aromatic rings. The largest absolute Gasteiger partial charge is 0.469 e. The van der Waals surface area contributed by atoms with Gasteiger partial charge in [-0.05, 0) is 27.4 Å². The van der Waals surface area contributed by atoms with Gasteiger partial charge in [0.25, 0.3) is 5.95 Å². The second-order valence-electron chi connectivity index (χ2n) is 4.64. The molecular formula is C13H20O6. The molecule has 0 rings (SSSR count). The molecule has 0 saturated heterocycles. The van der Waals surface area contributed by atoms with Crippen molar-refractivity contribution < 1.29 is 28.5 Å². The van der Waals surface area contributed by atoms with Gasteiger partial charge in [0.1, 0.15) is 5.60 Å². The van der Waals surface area contributed by atoms with Crippen molar-refractivity contribution in [2.75, 3.05) is 13.9 Å². The van der Waals surface area contributed by atoms with E-state index >= 15 is 0 Å². The van der Waals surface area contributed by atoms with Crippen LogP contribution in [-0.2, 0) is 28.5 Å². The summed E-state index contributed by atoms with van der Waals surface area (Å²) < 4.78 is 19.3. The van der Waals surface area contributed by atoms with Gasteiger partial charge in [0, 0.05) is 5.57 Å². The third-order valence-electron chi connectivity index (χ3n) is 1.70. The fourth-order valence-corrected chi connectivity index (χ4v) is 0.940. The van der Waals surface area contributed by atoms with E-state index in [9.17, 15) is 9.59 Å². The first-order valence-electron chi connectivity index (χ1n) is 5.58. The minimum atomic E-state index is -0.742. The minimum Gasteiger partial charge on any atom is -0.469 e. The highest BCUT2D eigenvalue weighted by Crippen LogP contribution is 2.13. The lowest BCUT2D eigenvalue weighted by Crippen LogP contribution is -2.20. The number of carbonyl (C=O) groups excluding carboxylic acids is 2. The van der Waals surface area contributed by atoms with Crippen LogP contribution in [0.3, 0.4) is 0 Å². The molecule has 19 heavy (non-hydrogen) atoms. The van der Waals surface area contributed by atoms with Crippen LogP contribution in [0.5, 0.6) is 0 Å². The highest BCUT2D eigenvalue weighted by atomic mass is 16.8. The molecule has 0 atom stereocenters. The van der Waals surface area contributed by atoms with Crippen LogP contribution in [-0.4, -0.2) is 31.4 Å². The maximum atomic E-state index is 11.4. The van der Waals surface area contributed by atoms with Gasteiger partial charge in [0.2, 0.25) is 6.79 Å². The number of ether oxygens (including phenoxy) is 4. The Labute approximate surface area is 113 Å². The zero-order valence-electron chi connectivity index (χ0n) is 11.8. The van der Waals surface area contributed by atoms with Crippen LogP contribution in [0.2, 0.25) is 0 Å². The lowest BCUT2D eigenvalue weighted by molar-refractivity contribution is -0.157. The second kappa shape index (κ2) is 7.45. The molecule has 0 N–H and O–H groups in total. The van der Waals surface area contributed by atoms with Gasteiger partial charge < -0.3 is 18.9 Å². The molecule has 0 amide bonds. The van der Waals surface area contributed by atoms with Crippen molar-refractivity contribution in [3.63, 3.8) is 0 Å². The zero-order chi connectivity index (χ0) is 15.1. The Morgan fingerprint density at radius 1 is 1.11 bits per heavy atom. The standard InChI is InChI=1S/C13H20O6/c1-9(7-11(14)16-6)12(15)18-8-17-10(2)19-13(3,4)5/h1-2,7-8H2,3-6H3. The third kappa shape index (κ3) is 8.70. The predicted octanol–water partition coefficient (Wildman–Crippen LogP) is 1.91. The summed E-state index contributed by atoms with van der Waals surface area (Å²) in [4.78, 5) is 22.3. The van der Waals surface area contributed by atoms with Crippen molar-refractivity contribution in [3.8, 4) is 0 Å². The van der Waals surface area contributed by atoms with Gasteiger partial charge in [-0.25, -0.2) is 4.79 Å². The first kappa shape index (κ1) is 17.0. The summed E-state index contributed by atoms with van der Waals surface area (Å²) in [7, 11) is 1.22. The van der Waals surface area contributed by atoms with Gasteiger partial charge in [-0.15, -0.1) is 0 Å². The summed E-state index contributed by atoms with van der Waals surface area (Å²) in [5, 5.41) is 0. The van der Waals surface area contributed by atoms with E-state index in [1.807, 2.05) is 20.8 Å². The number of hydrogen-bond donors (Lipinski definition) is 0. The second-order valence-corrected chi connectivity index (χ2v) is 4.64. The molecule has 6 nitrogen and oxygen atoms in total. The molecule has 0 unspecified atom stereocenters. The van der Waals surface area contributed by atoms with Crippen LogP contribution in [0.4, 0.5) is 0 Å². The van der Waals surface area contributed by atoms with Gasteiger partial charge in [-0.2, -0.15) is 0 Å². The Morgan fingerprint density at radius 3 is 2.16 bits per heavy atom. The van der Waals surface area contributed by atoms with E-state index < -0.39 is 17.5 Å². The minimum absolute atomic E-state index is 0.0159. The molecule has 0 fully saturated rings. The van der Waals surface area contributed by atoms with Crippen molar-refractivity contribution >= 4 is 11.9 Å². The van der Waals surface area contributed by atoms with Gasteiger partial charge in [0.05, 0.1) is 13.5 Å². The maximum absolute atomic E-state index is 11.4. The van der Waals surface area contributed by atoms with E-state index in [1.165, 1.54) is 7.11 Å². The predicted molar refractivity (Wildman–Crippen MR) is 67.8 cm³/mol. The Hall–Kier alpha value is -1.98. The summed E-state index contributed by atoms with van der Waals surface area (Å²) >= 11 is 0. The summed E-state index contributed by atoms with van der Waals surface area (Å²) in [6.07, 6.45) is -0.227. The number of esters is 2. The van der Waals surface area contributed by atoms with E-state index in [1.54, 1.807) is 0 Å². The molecule has 0 aromatic carbocycles. The van der Waals surface area contributed by atoms with Crippen molar-refractivity contribution in [2.45, 2.75) is 32.8 Å². The van der Waals surface area contributed by atoms with Crippen molar-refractivity contribution in [2.24, 2.45) is 0 Å². The van der Waals surface area contributed by atoms with Crippen molar-refractivity contribution in [1.82, 2.24) is 0 Å². The molecule has 0 saturated carbocycles. The summed E-state index contributed by atoms with van der Waals surface area (Å²) in [6, 6.07) is 0. The zero-order valence-corrected chi connectivity index (χ0v) is 11.8. The Morgan fingerprint density at radius 2 is 1.68 bits per heavy atom. The smallest absolute Gasteiger partial charge is 0.336 e. The topological polar surface area (TPSA) is 71.1 Å². The van der Waals surface area contributed by atoms with Crippen molar-refractivity contribution in [3.05, 3.63) is 24.7 Å². The van der Waals surface area contributed by atoms with Gasteiger partial charge in [-0.3, -0.25) is 4.79 Å². The fourth-order valence-electron chi connectivity index (χ4n) is 0.940.